The van der Waals surface area contributed by atoms with Gasteiger partial charge in [-0.2, -0.15) is 5.26 Å². The van der Waals surface area contributed by atoms with E-state index in [0.29, 0.717) is 0 Å². The van der Waals surface area contributed by atoms with Crippen LogP contribution < -0.4 is 0 Å². The Balaban J connectivity index is 2.12. The molecule has 1 saturated carbocycles. The number of aromatic nitrogens is 1. The van der Waals surface area contributed by atoms with Crippen molar-refractivity contribution in [3.63, 3.8) is 0 Å². The molecule has 1 aromatic rings. The highest BCUT2D eigenvalue weighted by molar-refractivity contribution is 7.09. The van der Waals surface area contributed by atoms with Gasteiger partial charge in [-0.25, -0.2) is 4.98 Å². The summed E-state index contributed by atoms with van der Waals surface area (Å²) in [6.07, 6.45) is 7.96. The van der Waals surface area contributed by atoms with Crippen LogP contribution in [-0.2, 0) is 6.42 Å². The predicted octanol–water partition coefficient (Wildman–Crippen LogP) is 3.86. The highest BCUT2D eigenvalue weighted by Crippen LogP contribution is 2.37. The quantitative estimate of drug-likeness (QED) is 0.729. The fraction of sp³-hybridized carbons (Fsp3) is 0.692. The van der Waals surface area contributed by atoms with Crippen LogP contribution in [0.1, 0.15) is 49.2 Å². The van der Waals surface area contributed by atoms with Crippen molar-refractivity contribution in [2.75, 3.05) is 0 Å². The first-order valence-corrected chi connectivity index (χ1v) is 6.94. The first kappa shape index (κ1) is 11.6. The van der Waals surface area contributed by atoms with E-state index >= 15 is 0 Å². The van der Waals surface area contributed by atoms with Gasteiger partial charge in [0.25, 0.3) is 0 Å². The third-order valence-electron chi connectivity index (χ3n) is 3.48. The molecule has 0 spiro atoms. The minimum atomic E-state index is -0.128. The second-order valence-electron chi connectivity index (χ2n) is 4.84. The number of nitriles is 1. The van der Waals surface area contributed by atoms with Crippen LogP contribution in [0.25, 0.3) is 0 Å². The van der Waals surface area contributed by atoms with Crippen LogP contribution in [0.2, 0.25) is 0 Å². The zero-order valence-electron chi connectivity index (χ0n) is 9.83. The molecule has 1 fully saturated rings. The first-order chi connectivity index (χ1) is 7.74. The molecule has 16 heavy (non-hydrogen) atoms. The Bertz CT molecular complexity index is 381. The summed E-state index contributed by atoms with van der Waals surface area (Å²) in [5.41, 5.74) is 0.989. The number of aryl methyl sites for hydroxylation is 1. The van der Waals surface area contributed by atoms with Crippen molar-refractivity contribution in [3.8, 4) is 6.07 Å². The summed E-state index contributed by atoms with van der Waals surface area (Å²) in [6, 6.07) is 2.58. The number of hydrogen-bond acceptors (Lipinski definition) is 3. The van der Waals surface area contributed by atoms with Crippen LogP contribution in [0.3, 0.4) is 0 Å². The van der Waals surface area contributed by atoms with E-state index in [1.165, 1.54) is 25.7 Å². The van der Waals surface area contributed by atoms with Crippen molar-refractivity contribution < 1.29 is 0 Å². The molecule has 0 radical (unpaired) electrons. The molecule has 0 aliphatic heterocycles. The second-order valence-corrected chi connectivity index (χ2v) is 5.90. The Morgan fingerprint density at radius 2 is 2.06 bits per heavy atom. The molecule has 0 unspecified atom stereocenters. The molecule has 0 atom stereocenters. The topological polar surface area (TPSA) is 36.7 Å². The zero-order chi connectivity index (χ0) is 11.4. The molecule has 86 valence electrons. The lowest BCUT2D eigenvalue weighted by molar-refractivity contribution is 0.336. The lowest BCUT2D eigenvalue weighted by atomic mass is 9.78. The smallest absolute Gasteiger partial charge is 0.0897 e. The summed E-state index contributed by atoms with van der Waals surface area (Å²) in [6.45, 7) is 2.03. The van der Waals surface area contributed by atoms with Crippen LogP contribution in [-0.4, -0.2) is 4.98 Å². The minimum Gasteiger partial charge on any atom is -0.247 e. The van der Waals surface area contributed by atoms with E-state index in [2.05, 4.69) is 16.4 Å². The lowest BCUT2D eigenvalue weighted by Crippen LogP contribution is -2.21. The van der Waals surface area contributed by atoms with Gasteiger partial charge in [0.15, 0.2) is 0 Å². The molecular weight excluding hydrogens is 216 g/mol. The molecular formula is C13H18N2S. The summed E-state index contributed by atoms with van der Waals surface area (Å²) in [5, 5.41) is 12.7. The molecule has 0 amide bonds. The van der Waals surface area contributed by atoms with E-state index in [1.54, 1.807) is 11.3 Å². The van der Waals surface area contributed by atoms with E-state index in [-0.39, 0.29) is 5.41 Å². The van der Waals surface area contributed by atoms with Crippen LogP contribution in [0, 0.1) is 23.7 Å². The van der Waals surface area contributed by atoms with Gasteiger partial charge in [0.2, 0.25) is 0 Å². The van der Waals surface area contributed by atoms with Crippen molar-refractivity contribution in [1.82, 2.24) is 4.98 Å². The van der Waals surface area contributed by atoms with Crippen LogP contribution in [0.4, 0.5) is 0 Å². The SMILES string of the molecule is Cc1nc(CC2(C#N)CCCCCC2)cs1. The molecule has 2 rings (SSSR count). The van der Waals surface area contributed by atoms with Gasteiger partial charge in [0.1, 0.15) is 0 Å². The van der Waals surface area contributed by atoms with Crippen molar-refractivity contribution in [2.24, 2.45) is 5.41 Å². The van der Waals surface area contributed by atoms with E-state index in [9.17, 15) is 5.26 Å². The van der Waals surface area contributed by atoms with Crippen LogP contribution >= 0.6 is 11.3 Å². The number of hydrogen-bond donors (Lipinski definition) is 0. The van der Waals surface area contributed by atoms with Gasteiger partial charge in [-0.05, 0) is 19.8 Å². The third-order valence-corrected chi connectivity index (χ3v) is 4.31. The van der Waals surface area contributed by atoms with E-state index in [4.69, 9.17) is 0 Å². The summed E-state index contributed by atoms with van der Waals surface area (Å²) in [5.74, 6) is 0. The van der Waals surface area contributed by atoms with E-state index < -0.39 is 0 Å². The van der Waals surface area contributed by atoms with Crippen molar-refractivity contribution >= 4 is 11.3 Å². The summed E-state index contributed by atoms with van der Waals surface area (Å²) in [4.78, 5) is 4.50. The average Bonchev–Trinajstić information content (AvgIpc) is 2.54. The molecule has 0 N–H and O–H groups in total. The van der Waals surface area contributed by atoms with Crippen molar-refractivity contribution in [3.05, 3.63) is 16.1 Å². The average molecular weight is 234 g/mol. The molecule has 2 nitrogen and oxygen atoms in total. The number of thiazole rings is 1. The van der Waals surface area contributed by atoms with Crippen LogP contribution in [0.5, 0.6) is 0 Å². The Morgan fingerprint density at radius 3 is 2.56 bits per heavy atom. The molecule has 1 aliphatic rings. The maximum atomic E-state index is 9.46. The summed E-state index contributed by atoms with van der Waals surface area (Å²) in [7, 11) is 0. The van der Waals surface area contributed by atoms with Gasteiger partial charge >= 0.3 is 0 Å². The van der Waals surface area contributed by atoms with Crippen molar-refractivity contribution in [2.45, 2.75) is 51.9 Å². The minimum absolute atomic E-state index is 0.128. The Labute approximate surface area is 101 Å². The highest BCUT2D eigenvalue weighted by atomic mass is 32.1. The number of nitrogens with zero attached hydrogens (tertiary/aromatic N) is 2. The van der Waals surface area contributed by atoms with Gasteiger partial charge < -0.3 is 0 Å². The fourth-order valence-corrected chi connectivity index (χ4v) is 3.18. The zero-order valence-corrected chi connectivity index (χ0v) is 10.6. The predicted molar refractivity (Wildman–Crippen MR) is 66.3 cm³/mol. The first-order valence-electron chi connectivity index (χ1n) is 6.06. The monoisotopic (exact) mass is 234 g/mol. The summed E-state index contributed by atoms with van der Waals surface area (Å²) >= 11 is 1.69. The molecule has 1 aliphatic carbocycles. The van der Waals surface area contributed by atoms with E-state index in [1.807, 2.05) is 6.92 Å². The maximum absolute atomic E-state index is 9.46. The highest BCUT2D eigenvalue weighted by Gasteiger charge is 2.31. The maximum Gasteiger partial charge on any atom is 0.0897 e. The van der Waals surface area contributed by atoms with Crippen molar-refractivity contribution in [1.29, 1.82) is 5.26 Å². The normalized spacial score (nSPS) is 20.0. The Morgan fingerprint density at radius 1 is 1.38 bits per heavy atom. The molecule has 3 heteroatoms. The van der Waals surface area contributed by atoms with E-state index in [0.717, 1.165) is 30.0 Å². The summed E-state index contributed by atoms with van der Waals surface area (Å²) < 4.78 is 0. The van der Waals surface area contributed by atoms with Gasteiger partial charge in [-0.1, -0.05) is 25.7 Å². The molecule has 1 aromatic heterocycles. The largest absolute Gasteiger partial charge is 0.247 e. The Hall–Kier alpha value is -0.880. The van der Waals surface area contributed by atoms with Gasteiger partial charge in [-0.3, -0.25) is 0 Å². The third kappa shape index (κ3) is 2.62. The Kier molecular flexibility index (Phi) is 3.60. The second kappa shape index (κ2) is 4.97. The standard InChI is InChI=1S/C13H18N2S/c1-11-15-12(9-16-11)8-13(10-14)6-4-2-3-5-7-13/h9H,2-8H2,1H3. The molecule has 0 saturated heterocycles. The molecule has 0 bridgehead atoms. The fourth-order valence-electron chi connectivity index (χ4n) is 2.57. The lowest BCUT2D eigenvalue weighted by Gasteiger charge is -2.23. The molecule has 1 heterocycles. The van der Waals surface area contributed by atoms with Gasteiger partial charge in [-0.15, -0.1) is 11.3 Å². The van der Waals surface area contributed by atoms with Gasteiger partial charge in [0, 0.05) is 11.8 Å². The number of rotatable bonds is 2. The van der Waals surface area contributed by atoms with Gasteiger partial charge in [0.05, 0.1) is 22.2 Å². The van der Waals surface area contributed by atoms with Crippen LogP contribution in [0.15, 0.2) is 5.38 Å². The molecule has 0 aromatic carbocycles.